The number of nitrogen functional groups attached to an aromatic ring is 1. The number of halogens is 2. The molecule has 160 valence electrons. The molecule has 2 aliphatic heterocycles. The number of hydrogen-bond acceptors (Lipinski definition) is 7. The minimum atomic E-state index is -0.841. The second kappa shape index (κ2) is 7.84. The van der Waals surface area contributed by atoms with Crippen LogP contribution >= 0.6 is 11.3 Å². The van der Waals surface area contributed by atoms with Crippen LogP contribution in [0.25, 0.3) is 10.7 Å². The van der Waals surface area contributed by atoms with Crippen molar-refractivity contribution >= 4 is 34.4 Å². The molecule has 2 aliphatic rings. The number of nitrogens with two attached hydrogens (primary N) is 1. The van der Waals surface area contributed by atoms with Crippen LogP contribution in [0.15, 0.2) is 30.6 Å². The van der Waals surface area contributed by atoms with Crippen molar-refractivity contribution in [1.29, 1.82) is 0 Å². The Morgan fingerprint density at radius 3 is 2.81 bits per heavy atom. The molecule has 0 aliphatic carbocycles. The number of alkyl halides is 1. The van der Waals surface area contributed by atoms with Gasteiger partial charge in [0.15, 0.2) is 0 Å². The minimum Gasteiger partial charge on any atom is -0.396 e. The zero-order chi connectivity index (χ0) is 21.5. The number of anilines is 3. The minimum absolute atomic E-state index is 0.00393. The summed E-state index contributed by atoms with van der Waals surface area (Å²) in [5.74, 6) is -0.0611. The Balaban J connectivity index is 1.38. The van der Waals surface area contributed by atoms with Gasteiger partial charge in [0, 0.05) is 25.2 Å². The van der Waals surface area contributed by atoms with Crippen molar-refractivity contribution in [3.8, 4) is 10.7 Å². The van der Waals surface area contributed by atoms with Crippen molar-refractivity contribution in [2.45, 2.75) is 25.4 Å². The fourth-order valence-electron chi connectivity index (χ4n) is 3.91. The van der Waals surface area contributed by atoms with Crippen molar-refractivity contribution in [3.63, 3.8) is 0 Å². The van der Waals surface area contributed by atoms with Crippen LogP contribution in [0.1, 0.15) is 28.2 Å². The molecule has 5 rings (SSSR count). The average molecular weight is 442 g/mol. The van der Waals surface area contributed by atoms with E-state index in [9.17, 15) is 13.6 Å². The van der Waals surface area contributed by atoms with Crippen LogP contribution < -0.4 is 15.5 Å². The third-order valence-electron chi connectivity index (χ3n) is 5.55. The standard InChI is InChI=1S/C21H20F2N6OS/c22-12-2-1-6-28(11-12)18-10-25-17(9-26-18)20-27-16-5-7-29(21(30)19(16)31-20)13-3-4-14(23)15(24)8-13/h3-4,8-10,12H,1-2,5-7,11,24H2/t12-/m0/s1. The van der Waals surface area contributed by atoms with Gasteiger partial charge in [0.05, 0.1) is 30.3 Å². The lowest BCUT2D eigenvalue weighted by Crippen LogP contribution is -2.37. The summed E-state index contributed by atoms with van der Waals surface area (Å²) < 4.78 is 27.2. The number of hydrogen-bond donors (Lipinski definition) is 1. The highest BCUT2D eigenvalue weighted by Gasteiger charge is 2.30. The van der Waals surface area contributed by atoms with Crippen LogP contribution in [0.3, 0.4) is 0 Å². The largest absolute Gasteiger partial charge is 0.396 e. The maximum Gasteiger partial charge on any atom is 0.270 e. The van der Waals surface area contributed by atoms with Crippen LogP contribution in [0, 0.1) is 5.82 Å². The van der Waals surface area contributed by atoms with Gasteiger partial charge in [-0.15, -0.1) is 11.3 Å². The number of carbonyl (C=O) groups is 1. The summed E-state index contributed by atoms with van der Waals surface area (Å²) >= 11 is 1.26. The van der Waals surface area contributed by atoms with E-state index in [0.29, 0.717) is 53.0 Å². The molecule has 0 spiro atoms. The van der Waals surface area contributed by atoms with Gasteiger partial charge in [0.25, 0.3) is 5.91 Å². The van der Waals surface area contributed by atoms with Gasteiger partial charge in [0.1, 0.15) is 33.4 Å². The first-order valence-electron chi connectivity index (χ1n) is 10.1. The van der Waals surface area contributed by atoms with Gasteiger partial charge in [0.2, 0.25) is 0 Å². The number of piperidine rings is 1. The molecule has 1 saturated heterocycles. The molecule has 1 atom stereocenters. The summed E-state index contributed by atoms with van der Waals surface area (Å²) in [4.78, 5) is 30.5. The second-order valence-electron chi connectivity index (χ2n) is 7.65. The molecule has 2 N–H and O–H groups in total. The number of rotatable bonds is 3. The van der Waals surface area contributed by atoms with Crippen molar-refractivity contribution in [2.24, 2.45) is 0 Å². The summed E-state index contributed by atoms with van der Waals surface area (Å²) in [7, 11) is 0. The Bertz CT molecular complexity index is 1140. The fraction of sp³-hybridized carbons (Fsp3) is 0.333. The average Bonchev–Trinajstić information content (AvgIpc) is 3.22. The van der Waals surface area contributed by atoms with Crippen molar-refractivity contribution < 1.29 is 13.6 Å². The van der Waals surface area contributed by atoms with Crippen LogP contribution in [-0.2, 0) is 6.42 Å². The van der Waals surface area contributed by atoms with Gasteiger partial charge in [-0.1, -0.05) is 0 Å². The lowest BCUT2D eigenvalue weighted by Gasteiger charge is -2.29. The quantitative estimate of drug-likeness (QED) is 0.625. The third-order valence-corrected chi connectivity index (χ3v) is 6.65. The summed E-state index contributed by atoms with van der Waals surface area (Å²) in [5, 5.41) is 0.611. The van der Waals surface area contributed by atoms with Gasteiger partial charge in [-0.05, 0) is 31.0 Å². The van der Waals surface area contributed by atoms with E-state index < -0.39 is 12.0 Å². The topological polar surface area (TPSA) is 88.2 Å². The number of benzene rings is 1. The number of thiazole rings is 1. The van der Waals surface area contributed by atoms with E-state index in [1.54, 1.807) is 23.4 Å². The van der Waals surface area contributed by atoms with Gasteiger partial charge in [-0.25, -0.2) is 23.7 Å². The molecule has 2 aromatic heterocycles. The number of aromatic nitrogens is 3. The zero-order valence-electron chi connectivity index (χ0n) is 16.6. The molecular weight excluding hydrogens is 422 g/mol. The molecule has 0 saturated carbocycles. The summed E-state index contributed by atoms with van der Waals surface area (Å²) in [6, 6.07) is 4.27. The van der Waals surface area contributed by atoms with E-state index in [-0.39, 0.29) is 11.6 Å². The predicted molar refractivity (Wildman–Crippen MR) is 116 cm³/mol. The maximum absolute atomic E-state index is 13.7. The van der Waals surface area contributed by atoms with E-state index in [4.69, 9.17) is 5.73 Å². The number of amides is 1. The Morgan fingerprint density at radius 1 is 1.19 bits per heavy atom. The van der Waals surface area contributed by atoms with Crippen LogP contribution in [0.5, 0.6) is 0 Å². The highest BCUT2D eigenvalue weighted by Crippen LogP contribution is 2.33. The highest BCUT2D eigenvalue weighted by atomic mass is 32.1. The summed E-state index contributed by atoms with van der Waals surface area (Å²) in [6.45, 7) is 1.53. The Kier molecular flexibility index (Phi) is 5.01. The van der Waals surface area contributed by atoms with Gasteiger partial charge in [-0.3, -0.25) is 4.79 Å². The van der Waals surface area contributed by atoms with E-state index in [2.05, 4.69) is 15.0 Å². The molecule has 0 bridgehead atoms. The zero-order valence-corrected chi connectivity index (χ0v) is 17.4. The molecular formula is C21H20F2N6OS. The van der Waals surface area contributed by atoms with Gasteiger partial charge < -0.3 is 15.5 Å². The highest BCUT2D eigenvalue weighted by molar-refractivity contribution is 7.17. The monoisotopic (exact) mass is 442 g/mol. The van der Waals surface area contributed by atoms with Crippen LogP contribution in [0.2, 0.25) is 0 Å². The molecule has 1 fully saturated rings. The molecule has 7 nitrogen and oxygen atoms in total. The first-order valence-corrected chi connectivity index (χ1v) is 10.9. The molecule has 0 radical (unpaired) electrons. The number of carbonyl (C=O) groups excluding carboxylic acids is 1. The maximum atomic E-state index is 13.7. The Hall–Kier alpha value is -3.14. The van der Waals surface area contributed by atoms with Crippen molar-refractivity contribution in [3.05, 3.63) is 47.0 Å². The van der Waals surface area contributed by atoms with Crippen LogP contribution in [0.4, 0.5) is 26.0 Å². The van der Waals surface area contributed by atoms with Gasteiger partial charge in [-0.2, -0.15) is 0 Å². The molecule has 4 heterocycles. The number of fused-ring (bicyclic) bond motifs is 1. The fourth-order valence-corrected chi connectivity index (χ4v) is 4.94. The second-order valence-corrected chi connectivity index (χ2v) is 8.65. The van der Waals surface area contributed by atoms with E-state index in [1.807, 2.05) is 4.90 Å². The lowest BCUT2D eigenvalue weighted by atomic mass is 10.1. The van der Waals surface area contributed by atoms with Crippen molar-refractivity contribution in [2.75, 3.05) is 35.2 Å². The number of nitrogens with zero attached hydrogens (tertiary/aromatic N) is 5. The van der Waals surface area contributed by atoms with Gasteiger partial charge >= 0.3 is 0 Å². The van der Waals surface area contributed by atoms with Crippen molar-refractivity contribution in [1.82, 2.24) is 15.0 Å². The third kappa shape index (κ3) is 3.71. The Labute approximate surface area is 181 Å². The molecule has 0 unspecified atom stereocenters. The van der Waals surface area contributed by atoms with E-state index in [1.165, 1.54) is 23.5 Å². The normalized spacial score (nSPS) is 18.9. The summed E-state index contributed by atoms with van der Waals surface area (Å²) in [6.07, 6.45) is 4.36. The first-order chi connectivity index (χ1) is 15.0. The summed E-state index contributed by atoms with van der Waals surface area (Å²) in [5.41, 5.74) is 7.51. The molecule has 1 aromatic carbocycles. The lowest BCUT2D eigenvalue weighted by molar-refractivity contribution is 0.0984. The van der Waals surface area contributed by atoms with E-state index >= 15 is 0 Å². The van der Waals surface area contributed by atoms with E-state index in [0.717, 1.165) is 18.7 Å². The molecule has 1 amide bonds. The molecule has 3 aromatic rings. The SMILES string of the molecule is Nc1cc(N2CCc3nc(-c4cnc(N5CCC[C@H](F)C5)cn4)sc3C2=O)ccc1F. The molecule has 10 heteroatoms. The Morgan fingerprint density at radius 2 is 2.06 bits per heavy atom. The first kappa shape index (κ1) is 19.8. The predicted octanol–water partition coefficient (Wildman–Crippen LogP) is 3.46. The van der Waals surface area contributed by atoms with Crippen LogP contribution in [-0.4, -0.2) is 46.7 Å². The smallest absolute Gasteiger partial charge is 0.270 e. The molecule has 31 heavy (non-hydrogen) atoms.